The minimum Gasteiger partial charge on any atom is -0.488 e. The average Bonchev–Trinajstić information content (AvgIpc) is 2.63. The van der Waals surface area contributed by atoms with Crippen molar-refractivity contribution in [2.24, 2.45) is 10.7 Å². The van der Waals surface area contributed by atoms with E-state index in [1.807, 2.05) is 0 Å². The van der Waals surface area contributed by atoms with Crippen molar-refractivity contribution in [3.8, 4) is 5.75 Å². The fraction of sp³-hybridized carbons (Fsp3) is 0.300. The molecule has 16 heavy (non-hydrogen) atoms. The van der Waals surface area contributed by atoms with Crippen LogP contribution in [0.2, 0.25) is 0 Å². The number of hydrogen-bond acceptors (Lipinski definition) is 4. The van der Waals surface area contributed by atoms with Gasteiger partial charge in [-0.2, -0.15) is 0 Å². The van der Waals surface area contributed by atoms with Crippen LogP contribution in [-0.4, -0.2) is 25.3 Å². The van der Waals surface area contributed by atoms with Crippen LogP contribution in [-0.2, 0) is 4.74 Å². The van der Waals surface area contributed by atoms with E-state index in [1.165, 1.54) is 6.07 Å². The Morgan fingerprint density at radius 2 is 2.31 bits per heavy atom. The van der Waals surface area contributed by atoms with Crippen LogP contribution < -0.4 is 10.5 Å². The van der Waals surface area contributed by atoms with Gasteiger partial charge in [0.2, 0.25) is 0 Å². The summed E-state index contributed by atoms with van der Waals surface area (Å²) in [6, 6.07) is 2.98. The Hall–Kier alpha value is -1.85. The molecule has 2 N–H and O–H groups in total. The lowest BCUT2D eigenvalue weighted by Crippen LogP contribution is -2.17. The number of nitrogens with two attached hydrogens (primary N) is 1. The van der Waals surface area contributed by atoms with Gasteiger partial charge in [-0.05, 0) is 12.1 Å². The third kappa shape index (κ3) is 2.39. The maximum atomic E-state index is 13.1. The van der Waals surface area contributed by atoms with E-state index in [9.17, 15) is 8.78 Å². The summed E-state index contributed by atoms with van der Waals surface area (Å²) >= 11 is 0. The smallest absolute Gasteiger partial charge is 0.282 e. The highest BCUT2D eigenvalue weighted by atomic mass is 19.1. The number of hydrogen-bond donors (Lipinski definition) is 1. The van der Waals surface area contributed by atoms with Gasteiger partial charge in [-0.25, -0.2) is 13.8 Å². The van der Waals surface area contributed by atoms with Gasteiger partial charge in [-0.15, -0.1) is 0 Å². The van der Waals surface area contributed by atoms with Crippen molar-refractivity contribution in [1.29, 1.82) is 0 Å². The Bertz CT molecular complexity index is 423. The monoisotopic (exact) mass is 228 g/mol. The summed E-state index contributed by atoms with van der Waals surface area (Å²) in [4.78, 5) is 3.90. The van der Waals surface area contributed by atoms with Crippen molar-refractivity contribution in [1.82, 2.24) is 0 Å². The molecular weight excluding hydrogens is 218 g/mol. The van der Waals surface area contributed by atoms with Gasteiger partial charge in [0.15, 0.2) is 11.6 Å². The van der Waals surface area contributed by atoms with Gasteiger partial charge in [-0.1, -0.05) is 0 Å². The molecule has 0 amide bonds. The lowest BCUT2D eigenvalue weighted by atomic mass is 10.3. The van der Waals surface area contributed by atoms with Gasteiger partial charge in [0.25, 0.3) is 6.02 Å². The topological polar surface area (TPSA) is 56.8 Å². The van der Waals surface area contributed by atoms with E-state index >= 15 is 0 Å². The molecule has 0 aromatic heterocycles. The fourth-order valence-electron chi connectivity index (χ4n) is 1.30. The molecule has 4 nitrogen and oxygen atoms in total. The molecule has 6 heteroatoms. The highest BCUT2D eigenvalue weighted by molar-refractivity contribution is 5.73. The second-order valence-electron chi connectivity index (χ2n) is 3.32. The number of benzene rings is 1. The van der Waals surface area contributed by atoms with Gasteiger partial charge in [0.05, 0.1) is 0 Å². The normalized spacial score (nSPS) is 19.1. The minimum absolute atomic E-state index is 0.0120. The molecule has 0 unspecified atom stereocenters. The maximum absolute atomic E-state index is 13.1. The second kappa shape index (κ2) is 4.34. The molecule has 0 saturated heterocycles. The molecule has 1 aromatic carbocycles. The van der Waals surface area contributed by atoms with Crippen LogP contribution in [0.5, 0.6) is 5.75 Å². The summed E-state index contributed by atoms with van der Waals surface area (Å²) in [7, 11) is 0. The quantitative estimate of drug-likeness (QED) is 0.841. The van der Waals surface area contributed by atoms with Gasteiger partial charge in [-0.3, -0.25) is 0 Å². The van der Waals surface area contributed by atoms with Crippen molar-refractivity contribution >= 4 is 6.02 Å². The molecule has 0 saturated carbocycles. The predicted octanol–water partition coefficient (Wildman–Crippen LogP) is 1.06. The van der Waals surface area contributed by atoms with Crippen LogP contribution in [0, 0.1) is 11.6 Å². The summed E-state index contributed by atoms with van der Waals surface area (Å²) < 4.78 is 35.8. The predicted molar refractivity (Wildman–Crippen MR) is 53.2 cm³/mol. The number of aliphatic imine (C=N–C) groups is 1. The largest absolute Gasteiger partial charge is 0.488 e. The van der Waals surface area contributed by atoms with Crippen LogP contribution in [0.1, 0.15) is 0 Å². The number of nitrogens with zero attached hydrogens (tertiary/aromatic N) is 1. The Balaban J connectivity index is 1.95. The summed E-state index contributed by atoms with van der Waals surface area (Å²) in [5.41, 5.74) is 5.29. The molecule has 0 radical (unpaired) electrons. The zero-order chi connectivity index (χ0) is 11.5. The van der Waals surface area contributed by atoms with Gasteiger partial charge in [0.1, 0.15) is 25.1 Å². The minimum atomic E-state index is -0.740. The van der Waals surface area contributed by atoms with Crippen molar-refractivity contribution in [3.05, 3.63) is 29.8 Å². The van der Waals surface area contributed by atoms with Crippen LogP contribution in [0.25, 0.3) is 0 Å². The molecule has 1 aliphatic heterocycles. The number of halogens is 2. The zero-order valence-corrected chi connectivity index (χ0v) is 8.32. The molecule has 0 fully saturated rings. The number of ether oxygens (including phenoxy) is 2. The Morgan fingerprint density at radius 3 is 2.94 bits per heavy atom. The van der Waals surface area contributed by atoms with Crippen molar-refractivity contribution < 1.29 is 18.3 Å². The molecule has 1 aliphatic rings. The molecule has 1 heterocycles. The van der Waals surface area contributed by atoms with E-state index in [1.54, 1.807) is 0 Å². The van der Waals surface area contributed by atoms with Crippen molar-refractivity contribution in [2.45, 2.75) is 6.04 Å². The van der Waals surface area contributed by atoms with Gasteiger partial charge in [0, 0.05) is 6.07 Å². The van der Waals surface area contributed by atoms with Crippen LogP contribution >= 0.6 is 0 Å². The first-order chi connectivity index (χ1) is 7.65. The first-order valence-corrected chi connectivity index (χ1v) is 4.69. The molecule has 1 atom stereocenters. The highest BCUT2D eigenvalue weighted by Gasteiger charge is 2.18. The Morgan fingerprint density at radius 1 is 1.50 bits per heavy atom. The zero-order valence-electron chi connectivity index (χ0n) is 8.32. The van der Waals surface area contributed by atoms with Gasteiger partial charge < -0.3 is 15.2 Å². The first-order valence-electron chi connectivity index (χ1n) is 4.69. The van der Waals surface area contributed by atoms with Crippen LogP contribution in [0.3, 0.4) is 0 Å². The summed E-state index contributed by atoms with van der Waals surface area (Å²) in [6.07, 6.45) is 0. The van der Waals surface area contributed by atoms with E-state index in [4.69, 9.17) is 15.2 Å². The standard InChI is InChI=1S/C10H10F2N2O2/c11-6-1-2-9(8(12)3-6)15-4-7-5-16-10(13)14-7/h1-3,7H,4-5H2,(H2,13,14)/t7-/m0/s1. The highest BCUT2D eigenvalue weighted by Crippen LogP contribution is 2.18. The Kier molecular flexibility index (Phi) is 2.89. The van der Waals surface area contributed by atoms with Crippen molar-refractivity contribution in [2.75, 3.05) is 13.2 Å². The number of amidine groups is 1. The van der Waals surface area contributed by atoms with E-state index in [0.29, 0.717) is 6.61 Å². The maximum Gasteiger partial charge on any atom is 0.282 e. The summed E-state index contributed by atoms with van der Waals surface area (Å²) in [5.74, 6) is -1.39. The molecular formula is C10H10F2N2O2. The van der Waals surface area contributed by atoms with Crippen LogP contribution in [0.15, 0.2) is 23.2 Å². The van der Waals surface area contributed by atoms with Crippen molar-refractivity contribution in [3.63, 3.8) is 0 Å². The third-order valence-electron chi connectivity index (χ3n) is 2.06. The van der Waals surface area contributed by atoms with E-state index in [2.05, 4.69) is 4.99 Å². The lowest BCUT2D eigenvalue weighted by molar-refractivity contribution is 0.235. The van der Waals surface area contributed by atoms with E-state index in [-0.39, 0.29) is 24.4 Å². The molecule has 0 spiro atoms. The summed E-state index contributed by atoms with van der Waals surface area (Å²) in [6.45, 7) is 0.456. The molecule has 86 valence electrons. The van der Waals surface area contributed by atoms with Crippen LogP contribution in [0.4, 0.5) is 8.78 Å². The third-order valence-corrected chi connectivity index (χ3v) is 2.06. The second-order valence-corrected chi connectivity index (χ2v) is 3.32. The van der Waals surface area contributed by atoms with E-state index < -0.39 is 11.6 Å². The molecule has 1 aromatic rings. The number of rotatable bonds is 3. The fourth-order valence-corrected chi connectivity index (χ4v) is 1.30. The first kappa shape index (κ1) is 10.7. The SMILES string of the molecule is NC1=N[C@@H](COc2ccc(F)cc2F)CO1. The Labute approximate surface area is 90.7 Å². The molecule has 0 aliphatic carbocycles. The lowest BCUT2D eigenvalue weighted by Gasteiger charge is -2.09. The van der Waals surface area contributed by atoms with E-state index in [0.717, 1.165) is 12.1 Å². The average molecular weight is 228 g/mol. The molecule has 0 bridgehead atoms. The van der Waals surface area contributed by atoms with Gasteiger partial charge >= 0.3 is 0 Å². The summed E-state index contributed by atoms with van der Waals surface area (Å²) in [5, 5.41) is 0. The molecule has 2 rings (SSSR count).